The van der Waals surface area contributed by atoms with Gasteiger partial charge in [-0.05, 0) is 18.2 Å². The fourth-order valence-electron chi connectivity index (χ4n) is 0.768. The summed E-state index contributed by atoms with van der Waals surface area (Å²) in [5.74, 6) is -0.833. The molecule has 0 saturated carbocycles. The minimum absolute atomic E-state index is 0.450. The van der Waals surface area contributed by atoms with Gasteiger partial charge in [0, 0.05) is 22.7 Å². The number of amides is 2. The van der Waals surface area contributed by atoms with E-state index in [1.807, 2.05) is 0 Å². The number of carboxylic acids is 1. The third-order valence-corrected chi connectivity index (χ3v) is 1.57. The summed E-state index contributed by atoms with van der Waals surface area (Å²) in [6, 6.07) is 4.03. The lowest BCUT2D eigenvalue weighted by Crippen LogP contribution is -2.19. The van der Waals surface area contributed by atoms with Crippen LogP contribution in [0.2, 0.25) is 10.0 Å². The number of nitrogens with one attached hydrogen (secondary N) is 1. The van der Waals surface area contributed by atoms with Gasteiger partial charge in [0.25, 0.3) is 5.97 Å². The smallest absolute Gasteiger partial charge is 0.316 e. The van der Waals surface area contributed by atoms with Crippen molar-refractivity contribution >= 4 is 40.9 Å². The first kappa shape index (κ1) is 14.5. The van der Waals surface area contributed by atoms with Gasteiger partial charge in [0.05, 0.1) is 0 Å². The highest BCUT2D eigenvalue weighted by Gasteiger charge is 1.99. The molecule has 5 nitrogen and oxygen atoms in total. The van der Waals surface area contributed by atoms with Crippen LogP contribution in [-0.2, 0) is 4.79 Å². The third-order valence-electron chi connectivity index (χ3n) is 1.13. The van der Waals surface area contributed by atoms with Crippen molar-refractivity contribution < 1.29 is 14.7 Å². The van der Waals surface area contributed by atoms with E-state index >= 15 is 0 Å². The van der Waals surface area contributed by atoms with Crippen molar-refractivity contribution in [3.05, 3.63) is 28.2 Å². The zero-order valence-corrected chi connectivity index (χ0v) is 9.84. The van der Waals surface area contributed by atoms with Gasteiger partial charge in [0.2, 0.25) is 0 Å². The zero-order valence-electron chi connectivity index (χ0n) is 8.33. The first-order valence-electron chi connectivity index (χ1n) is 4.03. The van der Waals surface area contributed by atoms with E-state index in [9.17, 15) is 4.79 Å². The second-order valence-electron chi connectivity index (χ2n) is 2.67. The lowest BCUT2D eigenvalue weighted by Gasteiger charge is -2.02. The van der Waals surface area contributed by atoms with Gasteiger partial charge < -0.3 is 16.2 Å². The number of halogens is 2. The molecule has 16 heavy (non-hydrogen) atoms. The number of aliphatic carboxylic acids is 1. The average Bonchev–Trinajstić information content (AvgIpc) is 1.97. The lowest BCUT2D eigenvalue weighted by molar-refractivity contribution is -0.134. The molecule has 1 rings (SSSR count). The Hall–Kier alpha value is -1.46. The molecule has 0 aliphatic carbocycles. The molecule has 1 aromatic carbocycles. The molecule has 0 aromatic heterocycles. The molecule has 0 atom stereocenters. The molecular weight excluding hydrogens is 255 g/mol. The van der Waals surface area contributed by atoms with E-state index in [1.165, 1.54) is 0 Å². The van der Waals surface area contributed by atoms with Crippen LogP contribution in [-0.4, -0.2) is 17.1 Å². The topological polar surface area (TPSA) is 92.4 Å². The van der Waals surface area contributed by atoms with Crippen molar-refractivity contribution in [2.45, 2.75) is 6.92 Å². The zero-order chi connectivity index (χ0) is 12.7. The van der Waals surface area contributed by atoms with Crippen LogP contribution in [0.5, 0.6) is 0 Å². The largest absolute Gasteiger partial charge is 0.481 e. The molecule has 0 saturated heterocycles. The van der Waals surface area contributed by atoms with Crippen LogP contribution in [0.4, 0.5) is 10.5 Å². The summed E-state index contributed by atoms with van der Waals surface area (Å²) < 4.78 is 0. The molecule has 88 valence electrons. The molecule has 1 aromatic rings. The van der Waals surface area contributed by atoms with Gasteiger partial charge in [-0.2, -0.15) is 0 Å². The van der Waals surface area contributed by atoms with Crippen LogP contribution in [0.25, 0.3) is 0 Å². The number of anilines is 1. The molecule has 0 unspecified atom stereocenters. The number of benzene rings is 1. The standard InChI is InChI=1S/C7H6Cl2N2O.C2H4O2/c8-4-1-5(9)3-6(2-4)11-7(10)12;1-2(3)4/h1-3H,(H3,10,11,12);1H3,(H,3,4). The second kappa shape index (κ2) is 6.92. The Bertz CT molecular complexity index is 372. The van der Waals surface area contributed by atoms with Gasteiger partial charge in [0.15, 0.2) is 0 Å². The van der Waals surface area contributed by atoms with Gasteiger partial charge in [-0.15, -0.1) is 0 Å². The van der Waals surface area contributed by atoms with Gasteiger partial charge in [-0.25, -0.2) is 4.79 Å². The van der Waals surface area contributed by atoms with Crippen molar-refractivity contribution in [1.82, 2.24) is 0 Å². The Kier molecular flexibility index (Phi) is 6.29. The second-order valence-corrected chi connectivity index (χ2v) is 3.54. The molecule has 7 heteroatoms. The summed E-state index contributed by atoms with van der Waals surface area (Å²) in [5.41, 5.74) is 5.37. The Labute approximate surface area is 102 Å². The van der Waals surface area contributed by atoms with Crippen LogP contribution in [0.1, 0.15) is 6.92 Å². The summed E-state index contributed by atoms with van der Waals surface area (Å²) in [4.78, 5) is 19.4. The lowest BCUT2D eigenvalue weighted by atomic mass is 10.3. The van der Waals surface area contributed by atoms with E-state index in [-0.39, 0.29) is 0 Å². The Balaban J connectivity index is 0.000000487. The van der Waals surface area contributed by atoms with Crippen molar-refractivity contribution in [2.24, 2.45) is 5.73 Å². The minimum atomic E-state index is -0.833. The van der Waals surface area contributed by atoms with Crippen LogP contribution in [0.3, 0.4) is 0 Å². The number of primary amides is 1. The maximum atomic E-state index is 10.4. The van der Waals surface area contributed by atoms with Gasteiger partial charge in [-0.3, -0.25) is 4.79 Å². The van der Waals surface area contributed by atoms with Crippen molar-refractivity contribution in [3.63, 3.8) is 0 Å². The monoisotopic (exact) mass is 264 g/mol. The highest BCUT2D eigenvalue weighted by atomic mass is 35.5. The van der Waals surface area contributed by atoms with Crippen LogP contribution >= 0.6 is 23.2 Å². The van der Waals surface area contributed by atoms with Crippen LogP contribution < -0.4 is 11.1 Å². The van der Waals surface area contributed by atoms with E-state index in [1.54, 1.807) is 18.2 Å². The third kappa shape index (κ3) is 7.90. The fraction of sp³-hybridized carbons (Fsp3) is 0.111. The summed E-state index contributed by atoms with van der Waals surface area (Å²) in [5, 5.41) is 10.7. The molecule has 0 aliphatic rings. The van der Waals surface area contributed by atoms with E-state index < -0.39 is 12.0 Å². The molecule has 2 amide bonds. The Morgan fingerprint density at radius 1 is 1.25 bits per heavy atom. The number of rotatable bonds is 1. The van der Waals surface area contributed by atoms with Gasteiger partial charge in [-0.1, -0.05) is 23.2 Å². The van der Waals surface area contributed by atoms with Crippen molar-refractivity contribution in [1.29, 1.82) is 0 Å². The van der Waals surface area contributed by atoms with Crippen LogP contribution in [0.15, 0.2) is 18.2 Å². The van der Waals surface area contributed by atoms with E-state index in [0.29, 0.717) is 15.7 Å². The maximum absolute atomic E-state index is 10.4. The molecule has 0 spiro atoms. The van der Waals surface area contributed by atoms with Gasteiger partial charge in [0.1, 0.15) is 0 Å². The predicted molar refractivity (Wildman–Crippen MR) is 63.0 cm³/mol. The summed E-state index contributed by atoms with van der Waals surface area (Å²) in [7, 11) is 0. The van der Waals surface area contributed by atoms with E-state index in [2.05, 4.69) is 5.32 Å². The molecular formula is C9H10Cl2N2O3. The van der Waals surface area contributed by atoms with Gasteiger partial charge >= 0.3 is 6.03 Å². The van der Waals surface area contributed by atoms with Crippen molar-refractivity contribution in [2.75, 3.05) is 5.32 Å². The molecule has 0 radical (unpaired) electrons. The summed E-state index contributed by atoms with van der Waals surface area (Å²) in [6.07, 6.45) is 0. The number of nitrogens with two attached hydrogens (primary N) is 1. The molecule has 4 N–H and O–H groups in total. The Morgan fingerprint density at radius 3 is 1.94 bits per heavy atom. The SMILES string of the molecule is CC(=O)O.NC(=O)Nc1cc(Cl)cc(Cl)c1. The molecule has 0 aliphatic heterocycles. The number of hydrogen-bond acceptors (Lipinski definition) is 2. The number of hydrogen-bond donors (Lipinski definition) is 3. The molecule has 0 heterocycles. The minimum Gasteiger partial charge on any atom is -0.481 e. The number of urea groups is 1. The summed E-state index contributed by atoms with van der Waals surface area (Å²) in [6.45, 7) is 1.08. The average molecular weight is 265 g/mol. The van der Waals surface area contributed by atoms with E-state index in [4.69, 9.17) is 38.8 Å². The maximum Gasteiger partial charge on any atom is 0.316 e. The molecule has 0 bridgehead atoms. The first-order valence-corrected chi connectivity index (χ1v) is 4.79. The normalized spacial score (nSPS) is 8.69. The fourth-order valence-corrected chi connectivity index (χ4v) is 1.29. The summed E-state index contributed by atoms with van der Waals surface area (Å²) >= 11 is 11.3. The van der Waals surface area contributed by atoms with E-state index in [0.717, 1.165) is 6.92 Å². The number of carbonyl (C=O) groups is 2. The quantitative estimate of drug-likeness (QED) is 0.728. The highest BCUT2D eigenvalue weighted by Crippen LogP contribution is 2.21. The Morgan fingerprint density at radius 2 is 1.62 bits per heavy atom. The number of carboxylic acid groups (broad SMARTS) is 1. The highest BCUT2D eigenvalue weighted by molar-refractivity contribution is 6.35. The van der Waals surface area contributed by atoms with Crippen LogP contribution in [0, 0.1) is 0 Å². The predicted octanol–water partition coefficient (Wildman–Crippen LogP) is 2.57. The number of carbonyl (C=O) groups excluding carboxylic acids is 1. The molecule has 0 fully saturated rings. The van der Waals surface area contributed by atoms with Crippen molar-refractivity contribution in [3.8, 4) is 0 Å². The first-order chi connectivity index (χ1) is 7.31.